The lowest BCUT2D eigenvalue weighted by Crippen LogP contribution is -2.50. The average molecular weight is 488 g/mol. The van der Waals surface area contributed by atoms with E-state index >= 15 is 0 Å². The highest BCUT2D eigenvalue weighted by Crippen LogP contribution is 2.48. The molecule has 2 saturated carbocycles. The number of likely N-dealkylation sites (N-methyl/N-ethyl adjacent to an activating group) is 1. The van der Waals surface area contributed by atoms with E-state index in [1.165, 1.54) is 25.7 Å². The minimum atomic E-state index is -1.17. The fraction of sp³-hybridized carbons (Fsp3) is 0.724. The molecule has 0 aliphatic heterocycles. The number of hydrogen-bond acceptors (Lipinski definition) is 5. The minimum Gasteiger partial charge on any atom is -0.493 e. The maximum atomic E-state index is 13.4. The van der Waals surface area contributed by atoms with Crippen LogP contribution in [0.3, 0.4) is 0 Å². The lowest BCUT2D eigenvalue weighted by Gasteiger charge is -2.44. The third kappa shape index (κ3) is 7.68. The Balaban J connectivity index is 1.88. The van der Waals surface area contributed by atoms with Gasteiger partial charge in [0.25, 0.3) is 0 Å². The van der Waals surface area contributed by atoms with E-state index in [0.29, 0.717) is 32.1 Å². The largest absolute Gasteiger partial charge is 0.493 e. The van der Waals surface area contributed by atoms with Crippen molar-refractivity contribution < 1.29 is 19.4 Å². The van der Waals surface area contributed by atoms with Gasteiger partial charge in [-0.3, -0.25) is 4.79 Å². The van der Waals surface area contributed by atoms with Crippen LogP contribution in [0.5, 0.6) is 5.75 Å². The molecule has 0 spiro atoms. The van der Waals surface area contributed by atoms with Gasteiger partial charge in [-0.25, -0.2) is 0 Å². The van der Waals surface area contributed by atoms with E-state index in [4.69, 9.17) is 9.47 Å². The van der Waals surface area contributed by atoms with E-state index in [-0.39, 0.29) is 23.8 Å². The van der Waals surface area contributed by atoms with Crippen molar-refractivity contribution >= 4 is 5.91 Å². The molecule has 2 aliphatic carbocycles. The van der Waals surface area contributed by atoms with Gasteiger partial charge < -0.3 is 25.2 Å². The summed E-state index contributed by atoms with van der Waals surface area (Å²) in [6.45, 7) is 4.08. The second kappa shape index (κ2) is 14.2. The van der Waals surface area contributed by atoms with Gasteiger partial charge in [-0.05, 0) is 77.3 Å². The van der Waals surface area contributed by atoms with Gasteiger partial charge in [0.15, 0.2) is 0 Å². The highest BCUT2D eigenvalue weighted by Gasteiger charge is 2.47. The fourth-order valence-corrected chi connectivity index (χ4v) is 5.96. The maximum Gasteiger partial charge on any atom is 0.223 e. The molecule has 1 radical (unpaired) electrons. The van der Waals surface area contributed by atoms with Gasteiger partial charge in [-0.1, -0.05) is 37.5 Å². The van der Waals surface area contributed by atoms with E-state index in [9.17, 15) is 9.90 Å². The molecule has 0 heterocycles. The van der Waals surface area contributed by atoms with Crippen LogP contribution in [0.25, 0.3) is 0 Å². The van der Waals surface area contributed by atoms with Crippen LogP contribution in [0.4, 0.5) is 0 Å². The molecule has 3 rings (SSSR count). The van der Waals surface area contributed by atoms with Gasteiger partial charge in [0, 0.05) is 43.7 Å². The number of methoxy groups -OCH3 is 1. The van der Waals surface area contributed by atoms with Crippen molar-refractivity contribution in [3.05, 3.63) is 36.2 Å². The van der Waals surface area contributed by atoms with Gasteiger partial charge in [0.1, 0.15) is 5.75 Å². The Labute approximate surface area is 212 Å². The Hall–Kier alpha value is -1.63. The standard InChI is InChI=1S/C29H47N2O4/c1-22(20-30-2)31-28(32)24-14-6-7-15-25(24)29(33,18-10-11-19-34-3)26-16-8-9-17-27(26)35-21-23-12-4-5-13-23/h8-9,15-17,22-25,30,33H,4-7,10-14,18-21H2,1-3H3,(H,31,32)/t22-,24?,25?,29-/m0/s1. The Morgan fingerprint density at radius 1 is 1.17 bits per heavy atom. The highest BCUT2D eigenvalue weighted by atomic mass is 16.5. The smallest absolute Gasteiger partial charge is 0.223 e. The number of rotatable bonds is 14. The summed E-state index contributed by atoms with van der Waals surface area (Å²) < 4.78 is 11.6. The van der Waals surface area contributed by atoms with Gasteiger partial charge in [0.2, 0.25) is 5.91 Å². The van der Waals surface area contributed by atoms with Crippen LogP contribution in [-0.2, 0) is 15.1 Å². The van der Waals surface area contributed by atoms with Gasteiger partial charge >= 0.3 is 0 Å². The molecule has 2 unspecified atom stereocenters. The Bertz CT molecular complexity index is 767. The van der Waals surface area contributed by atoms with Gasteiger partial charge in [-0.2, -0.15) is 0 Å². The quantitative estimate of drug-likeness (QED) is 0.334. The summed E-state index contributed by atoms with van der Waals surface area (Å²) in [6, 6.07) is 7.98. The lowest BCUT2D eigenvalue weighted by atomic mass is 9.65. The molecule has 2 fully saturated rings. The second-order valence-electron chi connectivity index (χ2n) is 10.6. The Kier molecular flexibility index (Phi) is 11.3. The topological polar surface area (TPSA) is 79.8 Å². The molecular weight excluding hydrogens is 440 g/mol. The summed E-state index contributed by atoms with van der Waals surface area (Å²) >= 11 is 0. The Morgan fingerprint density at radius 3 is 2.69 bits per heavy atom. The van der Waals surface area contributed by atoms with Crippen molar-refractivity contribution in [3.63, 3.8) is 0 Å². The Morgan fingerprint density at radius 2 is 1.94 bits per heavy atom. The van der Waals surface area contributed by atoms with Crippen LogP contribution in [0.2, 0.25) is 0 Å². The van der Waals surface area contributed by atoms with E-state index < -0.39 is 5.60 Å². The van der Waals surface area contributed by atoms with E-state index in [1.807, 2.05) is 38.2 Å². The summed E-state index contributed by atoms with van der Waals surface area (Å²) in [5.74, 6) is 0.852. The molecule has 3 N–H and O–H groups in total. The van der Waals surface area contributed by atoms with Gasteiger partial charge in [-0.15, -0.1) is 0 Å². The predicted molar refractivity (Wildman–Crippen MR) is 140 cm³/mol. The molecule has 2 aliphatic rings. The number of hydrogen-bond donors (Lipinski definition) is 3. The zero-order chi connectivity index (χ0) is 25.1. The molecule has 197 valence electrons. The van der Waals surface area contributed by atoms with E-state index in [2.05, 4.69) is 17.1 Å². The molecule has 6 heteroatoms. The molecular formula is C29H47N2O4. The van der Waals surface area contributed by atoms with Crippen molar-refractivity contribution in [2.24, 2.45) is 17.8 Å². The van der Waals surface area contributed by atoms with Crippen LogP contribution >= 0.6 is 0 Å². The van der Waals surface area contributed by atoms with Crippen molar-refractivity contribution in [1.29, 1.82) is 0 Å². The zero-order valence-corrected chi connectivity index (χ0v) is 22.1. The van der Waals surface area contributed by atoms with Crippen LogP contribution in [0.15, 0.2) is 24.3 Å². The molecule has 1 aromatic carbocycles. The molecule has 4 atom stereocenters. The molecule has 0 aromatic heterocycles. The SMILES string of the molecule is CNC[C@H](C)NC(=O)C1CCC[CH]C1[C@@](O)(CCCCOC)c1ccccc1OCC1CCCC1. The van der Waals surface area contributed by atoms with E-state index in [0.717, 1.165) is 43.4 Å². The summed E-state index contributed by atoms with van der Waals surface area (Å²) in [5, 5.41) is 18.8. The summed E-state index contributed by atoms with van der Waals surface area (Å²) in [5.41, 5.74) is -0.353. The predicted octanol–water partition coefficient (Wildman–Crippen LogP) is 4.60. The number of benzene rings is 1. The molecule has 1 amide bonds. The summed E-state index contributed by atoms with van der Waals surface area (Å²) in [4.78, 5) is 13.4. The molecule has 0 bridgehead atoms. The molecule has 6 nitrogen and oxygen atoms in total. The monoisotopic (exact) mass is 487 g/mol. The number of carbonyl (C=O) groups excluding carboxylic acids is 1. The van der Waals surface area contributed by atoms with Crippen LogP contribution in [-0.4, -0.2) is 51.0 Å². The number of aliphatic hydroxyl groups is 1. The highest BCUT2D eigenvalue weighted by molar-refractivity contribution is 5.80. The average Bonchev–Trinajstić information content (AvgIpc) is 3.39. The maximum absolute atomic E-state index is 13.4. The van der Waals surface area contributed by atoms with Crippen molar-refractivity contribution in [2.75, 3.05) is 33.9 Å². The first-order chi connectivity index (χ1) is 17.0. The first kappa shape index (κ1) is 27.9. The van der Waals surface area contributed by atoms with Crippen LogP contribution in [0, 0.1) is 24.2 Å². The number of para-hydroxylation sites is 1. The second-order valence-corrected chi connectivity index (χ2v) is 10.6. The molecule has 0 saturated heterocycles. The minimum absolute atomic E-state index is 0.0342. The first-order valence-electron chi connectivity index (χ1n) is 13.7. The molecule has 35 heavy (non-hydrogen) atoms. The van der Waals surface area contributed by atoms with E-state index in [1.54, 1.807) is 7.11 Å². The normalized spacial score (nSPS) is 23.5. The summed E-state index contributed by atoms with van der Waals surface area (Å²) in [6.07, 6.45) is 12.1. The van der Waals surface area contributed by atoms with Gasteiger partial charge in [0.05, 0.1) is 12.2 Å². The van der Waals surface area contributed by atoms with Crippen molar-refractivity contribution in [3.8, 4) is 5.75 Å². The van der Waals surface area contributed by atoms with Crippen molar-refractivity contribution in [1.82, 2.24) is 10.6 Å². The third-order valence-corrected chi connectivity index (χ3v) is 7.82. The number of carbonyl (C=O) groups is 1. The third-order valence-electron chi connectivity index (χ3n) is 7.82. The number of nitrogens with one attached hydrogen (secondary N) is 2. The fourth-order valence-electron chi connectivity index (χ4n) is 5.96. The number of ether oxygens (including phenoxy) is 2. The summed E-state index contributed by atoms with van der Waals surface area (Å²) in [7, 11) is 3.60. The number of unbranched alkanes of at least 4 members (excludes halogenated alkanes) is 1. The van der Waals surface area contributed by atoms with Crippen molar-refractivity contribution in [2.45, 2.75) is 82.8 Å². The van der Waals surface area contributed by atoms with Crippen LogP contribution in [0.1, 0.15) is 76.7 Å². The zero-order valence-electron chi connectivity index (χ0n) is 22.1. The lowest BCUT2D eigenvalue weighted by molar-refractivity contribution is -0.134. The number of amides is 1. The first-order valence-corrected chi connectivity index (χ1v) is 13.7. The molecule has 1 aromatic rings. The van der Waals surface area contributed by atoms with Crippen LogP contribution < -0.4 is 15.4 Å².